The molecule has 4 rings (SSSR count). The highest BCUT2D eigenvalue weighted by molar-refractivity contribution is 7.10. The molecule has 1 aliphatic rings. The Labute approximate surface area is 214 Å². The smallest absolute Gasteiger partial charge is 0.251 e. The first-order chi connectivity index (χ1) is 16.1. The van der Waals surface area contributed by atoms with Gasteiger partial charge in [0.25, 0.3) is 5.91 Å². The third kappa shape index (κ3) is 5.91. The van der Waals surface area contributed by atoms with Crippen molar-refractivity contribution in [3.8, 4) is 11.5 Å². The van der Waals surface area contributed by atoms with Crippen molar-refractivity contribution in [2.45, 2.75) is 19.0 Å². The number of carbonyl (C=O) groups excluding carboxylic acids is 2. The summed E-state index contributed by atoms with van der Waals surface area (Å²) in [5.74, 6) is 0.697. The SMILES string of the molecule is C[C@H]1CNCCN1C(=O)C(c1cccs1)N(C(=O)CCl)c1ccc(Oc2ccccc2)cc1.Cl. The zero-order chi connectivity index (χ0) is 23.2. The Morgan fingerprint density at radius 3 is 2.44 bits per heavy atom. The molecule has 0 saturated carbocycles. The average molecular weight is 520 g/mol. The number of ether oxygens (including phenoxy) is 1. The van der Waals surface area contributed by atoms with Crippen LogP contribution in [0.3, 0.4) is 0 Å². The van der Waals surface area contributed by atoms with Gasteiger partial charge in [0, 0.05) is 36.2 Å². The molecule has 0 bridgehead atoms. The number of thiophene rings is 1. The number of carbonyl (C=O) groups is 2. The Kier molecular flexibility index (Phi) is 9.36. The zero-order valence-electron chi connectivity index (χ0n) is 18.7. The van der Waals surface area contributed by atoms with E-state index in [2.05, 4.69) is 5.32 Å². The van der Waals surface area contributed by atoms with Gasteiger partial charge < -0.3 is 15.0 Å². The number of hydrogen-bond donors (Lipinski definition) is 1. The Morgan fingerprint density at radius 2 is 1.82 bits per heavy atom. The first-order valence-corrected chi connectivity index (χ1v) is 12.3. The molecule has 2 atom stereocenters. The third-order valence-corrected chi connectivity index (χ3v) is 6.72. The van der Waals surface area contributed by atoms with E-state index >= 15 is 0 Å². The summed E-state index contributed by atoms with van der Waals surface area (Å²) in [6.07, 6.45) is 0. The summed E-state index contributed by atoms with van der Waals surface area (Å²) in [7, 11) is 0. The molecule has 1 aromatic heterocycles. The minimum atomic E-state index is -0.780. The lowest BCUT2D eigenvalue weighted by atomic mass is 10.1. The fraction of sp³-hybridized carbons (Fsp3) is 0.280. The van der Waals surface area contributed by atoms with Crippen molar-refractivity contribution in [3.63, 3.8) is 0 Å². The first kappa shape index (κ1) is 26.0. The van der Waals surface area contributed by atoms with Crippen molar-refractivity contribution in [1.82, 2.24) is 10.2 Å². The second kappa shape index (κ2) is 12.2. The van der Waals surface area contributed by atoms with Crippen molar-refractivity contribution in [1.29, 1.82) is 0 Å². The maximum Gasteiger partial charge on any atom is 0.251 e. The maximum absolute atomic E-state index is 13.8. The van der Waals surface area contributed by atoms with Crippen LogP contribution in [0.25, 0.3) is 0 Å². The molecular formula is C25H27Cl2N3O3S. The number of alkyl halides is 1. The molecule has 2 aromatic carbocycles. The van der Waals surface area contributed by atoms with E-state index in [1.165, 1.54) is 16.2 Å². The monoisotopic (exact) mass is 519 g/mol. The number of nitrogens with one attached hydrogen (secondary N) is 1. The van der Waals surface area contributed by atoms with Gasteiger partial charge >= 0.3 is 0 Å². The van der Waals surface area contributed by atoms with E-state index in [4.69, 9.17) is 16.3 Å². The number of amides is 2. The molecule has 1 unspecified atom stereocenters. The van der Waals surface area contributed by atoms with E-state index in [0.717, 1.165) is 23.7 Å². The normalized spacial score (nSPS) is 16.3. The van der Waals surface area contributed by atoms with Gasteiger partial charge in [-0.15, -0.1) is 35.3 Å². The van der Waals surface area contributed by atoms with Crippen molar-refractivity contribution >= 4 is 52.8 Å². The number of nitrogens with zero attached hydrogens (tertiary/aromatic N) is 2. The van der Waals surface area contributed by atoms with Crippen LogP contribution in [0.1, 0.15) is 17.8 Å². The van der Waals surface area contributed by atoms with Crippen molar-refractivity contribution in [2.75, 3.05) is 30.4 Å². The van der Waals surface area contributed by atoms with Crippen molar-refractivity contribution in [2.24, 2.45) is 0 Å². The highest BCUT2D eigenvalue weighted by Gasteiger charge is 2.37. The molecule has 180 valence electrons. The van der Waals surface area contributed by atoms with Crippen LogP contribution in [0.4, 0.5) is 5.69 Å². The molecule has 0 aliphatic carbocycles. The number of anilines is 1. The quantitative estimate of drug-likeness (QED) is 0.441. The number of para-hydroxylation sites is 1. The predicted molar refractivity (Wildman–Crippen MR) is 140 cm³/mol. The predicted octanol–water partition coefficient (Wildman–Crippen LogP) is 5.10. The molecule has 1 fully saturated rings. The number of piperazine rings is 1. The van der Waals surface area contributed by atoms with Gasteiger partial charge in [-0.25, -0.2) is 0 Å². The molecule has 0 radical (unpaired) electrons. The van der Waals surface area contributed by atoms with Gasteiger partial charge in [-0.05, 0) is 54.8 Å². The van der Waals surface area contributed by atoms with Crippen LogP contribution in [0.15, 0.2) is 72.1 Å². The second-order valence-electron chi connectivity index (χ2n) is 7.81. The van der Waals surface area contributed by atoms with Crippen LogP contribution in [-0.2, 0) is 9.59 Å². The molecule has 34 heavy (non-hydrogen) atoms. The number of rotatable bonds is 7. The summed E-state index contributed by atoms with van der Waals surface area (Å²) in [5, 5.41) is 5.22. The molecule has 1 saturated heterocycles. The lowest BCUT2D eigenvalue weighted by molar-refractivity contribution is -0.137. The zero-order valence-corrected chi connectivity index (χ0v) is 21.1. The van der Waals surface area contributed by atoms with Crippen LogP contribution >= 0.6 is 35.3 Å². The van der Waals surface area contributed by atoms with Gasteiger partial charge in [0.15, 0.2) is 0 Å². The summed E-state index contributed by atoms with van der Waals surface area (Å²) in [4.78, 5) is 31.0. The first-order valence-electron chi connectivity index (χ1n) is 10.8. The number of hydrogen-bond acceptors (Lipinski definition) is 5. The molecule has 1 N–H and O–H groups in total. The van der Waals surface area contributed by atoms with Crippen LogP contribution in [0.2, 0.25) is 0 Å². The Balaban J connectivity index is 0.00000324. The van der Waals surface area contributed by atoms with Gasteiger partial charge in [-0.1, -0.05) is 24.3 Å². The minimum absolute atomic E-state index is 0. The van der Waals surface area contributed by atoms with Gasteiger partial charge in [0.05, 0.1) is 0 Å². The molecule has 6 nitrogen and oxygen atoms in total. The van der Waals surface area contributed by atoms with Crippen molar-refractivity contribution in [3.05, 3.63) is 77.0 Å². The fourth-order valence-electron chi connectivity index (χ4n) is 3.93. The van der Waals surface area contributed by atoms with Crippen LogP contribution in [-0.4, -0.2) is 48.3 Å². The molecule has 0 spiro atoms. The Bertz CT molecular complexity index is 1060. The third-order valence-electron chi connectivity index (χ3n) is 5.57. The summed E-state index contributed by atoms with van der Waals surface area (Å²) in [6.45, 7) is 4.05. The van der Waals surface area contributed by atoms with E-state index in [0.29, 0.717) is 18.0 Å². The molecule has 9 heteroatoms. The highest BCUT2D eigenvalue weighted by Crippen LogP contribution is 2.34. The van der Waals surface area contributed by atoms with E-state index in [-0.39, 0.29) is 36.1 Å². The minimum Gasteiger partial charge on any atom is -0.457 e. The number of benzene rings is 2. The second-order valence-corrected chi connectivity index (χ2v) is 9.06. The maximum atomic E-state index is 13.8. The van der Waals surface area contributed by atoms with E-state index in [1.54, 1.807) is 24.3 Å². The highest BCUT2D eigenvalue weighted by atomic mass is 35.5. The molecule has 2 amide bonds. The lowest BCUT2D eigenvalue weighted by Crippen LogP contribution is -2.56. The fourth-order valence-corrected chi connectivity index (χ4v) is 4.87. The molecule has 2 heterocycles. The van der Waals surface area contributed by atoms with Gasteiger partial charge in [0.1, 0.15) is 23.4 Å². The van der Waals surface area contributed by atoms with E-state index < -0.39 is 6.04 Å². The van der Waals surface area contributed by atoms with Crippen LogP contribution < -0.4 is 15.0 Å². The molecule has 1 aliphatic heterocycles. The Hall–Kier alpha value is -2.58. The largest absolute Gasteiger partial charge is 0.457 e. The topological polar surface area (TPSA) is 61.9 Å². The van der Waals surface area contributed by atoms with E-state index in [1.807, 2.05) is 59.7 Å². The summed E-state index contributed by atoms with van der Waals surface area (Å²) in [5.41, 5.74) is 0.593. The van der Waals surface area contributed by atoms with Crippen LogP contribution in [0, 0.1) is 0 Å². The lowest BCUT2D eigenvalue weighted by Gasteiger charge is -2.39. The summed E-state index contributed by atoms with van der Waals surface area (Å²) in [6, 6.07) is 19.7. The number of halogens is 2. The standard InChI is InChI=1S/C25H26ClN3O3S.ClH/c1-18-17-27-13-14-28(18)25(31)24(22-8-5-15-33-22)29(23(30)16-26)19-9-11-21(12-10-19)32-20-6-3-2-4-7-20;/h2-12,15,18,24,27H,13-14,16-17H2,1H3;1H/t18-,24?;/m0./s1. The summed E-state index contributed by atoms with van der Waals surface area (Å²) >= 11 is 7.47. The van der Waals surface area contributed by atoms with Crippen LogP contribution in [0.5, 0.6) is 11.5 Å². The average Bonchev–Trinajstić information content (AvgIpc) is 3.38. The van der Waals surface area contributed by atoms with Gasteiger partial charge in [-0.3, -0.25) is 14.5 Å². The van der Waals surface area contributed by atoms with Gasteiger partial charge in [-0.2, -0.15) is 0 Å². The Morgan fingerprint density at radius 1 is 1.12 bits per heavy atom. The molecule has 3 aromatic rings. The van der Waals surface area contributed by atoms with Gasteiger partial charge in [0.2, 0.25) is 5.91 Å². The summed E-state index contributed by atoms with van der Waals surface area (Å²) < 4.78 is 5.88. The van der Waals surface area contributed by atoms with Crippen molar-refractivity contribution < 1.29 is 14.3 Å². The van der Waals surface area contributed by atoms with E-state index in [9.17, 15) is 9.59 Å². The molecular weight excluding hydrogens is 493 g/mol.